The first-order valence-electron chi connectivity index (χ1n) is 3.29. The monoisotopic (exact) mass is 159 g/mol. The van der Waals surface area contributed by atoms with E-state index in [-0.39, 0.29) is 5.78 Å². The summed E-state index contributed by atoms with van der Waals surface area (Å²) in [5.74, 6) is -1.36. The van der Waals surface area contributed by atoms with Gasteiger partial charge >= 0.3 is 5.97 Å². The van der Waals surface area contributed by atoms with Gasteiger partial charge in [0.2, 0.25) is 0 Å². The van der Waals surface area contributed by atoms with Gasteiger partial charge in [-0.1, -0.05) is 0 Å². The van der Waals surface area contributed by atoms with Gasteiger partial charge in [0.1, 0.15) is 5.78 Å². The fourth-order valence-corrected chi connectivity index (χ4v) is 0.641. The number of nitrogens with two attached hydrogens (primary N) is 1. The van der Waals surface area contributed by atoms with Crippen LogP contribution in [0.15, 0.2) is 0 Å². The van der Waals surface area contributed by atoms with Crippen LogP contribution in [-0.2, 0) is 9.59 Å². The van der Waals surface area contributed by atoms with Gasteiger partial charge in [0.15, 0.2) is 0 Å². The largest absolute Gasteiger partial charge is 0.481 e. The Morgan fingerprint density at radius 3 is 1.91 bits per heavy atom. The molecule has 1 atom stereocenters. The third kappa shape index (κ3) is 2.01. The molecule has 64 valence electrons. The Morgan fingerprint density at radius 2 is 1.82 bits per heavy atom. The molecule has 0 saturated carbocycles. The third-order valence-electron chi connectivity index (χ3n) is 1.77. The number of rotatable bonds is 3. The molecule has 0 rings (SSSR count). The molecular formula is C7H13NO3. The molecular weight excluding hydrogens is 146 g/mol. The summed E-state index contributed by atoms with van der Waals surface area (Å²) in [6, 6.07) is -0.931. The van der Waals surface area contributed by atoms with Crippen LogP contribution in [-0.4, -0.2) is 22.9 Å². The van der Waals surface area contributed by atoms with E-state index in [1.165, 1.54) is 20.8 Å². The number of carbonyl (C=O) groups excluding carboxylic acids is 1. The van der Waals surface area contributed by atoms with Crippen molar-refractivity contribution in [2.24, 2.45) is 11.1 Å². The Balaban J connectivity index is 4.55. The fraction of sp³-hybridized carbons (Fsp3) is 0.714. The molecule has 0 amide bonds. The molecule has 0 aliphatic carbocycles. The van der Waals surface area contributed by atoms with E-state index in [0.717, 1.165) is 0 Å². The summed E-state index contributed by atoms with van der Waals surface area (Å²) in [6.07, 6.45) is 0. The standard InChI is InChI=1S/C7H13NO3/c1-4(9)5(8)7(2,3)6(10)11/h5H,8H2,1-3H3,(H,10,11). The molecule has 0 aromatic carbocycles. The maximum atomic E-state index is 10.7. The molecule has 0 heterocycles. The van der Waals surface area contributed by atoms with Crippen LogP contribution < -0.4 is 5.73 Å². The lowest BCUT2D eigenvalue weighted by Crippen LogP contribution is -2.47. The van der Waals surface area contributed by atoms with E-state index in [1.807, 2.05) is 0 Å². The smallest absolute Gasteiger partial charge is 0.311 e. The second-order valence-corrected chi connectivity index (χ2v) is 3.12. The van der Waals surface area contributed by atoms with Crippen LogP contribution in [0.25, 0.3) is 0 Å². The minimum absolute atomic E-state index is 0.308. The second kappa shape index (κ2) is 3.00. The maximum absolute atomic E-state index is 10.7. The predicted octanol–water partition coefficient (Wildman–Crippen LogP) is 0.0135. The molecule has 0 aromatic heterocycles. The van der Waals surface area contributed by atoms with Crippen molar-refractivity contribution < 1.29 is 14.7 Å². The number of aliphatic carboxylic acids is 1. The lowest BCUT2D eigenvalue weighted by Gasteiger charge is -2.24. The van der Waals surface area contributed by atoms with Gasteiger partial charge in [0, 0.05) is 0 Å². The summed E-state index contributed by atoms with van der Waals surface area (Å²) < 4.78 is 0. The van der Waals surface area contributed by atoms with Gasteiger partial charge in [-0.05, 0) is 20.8 Å². The van der Waals surface area contributed by atoms with Crippen LogP contribution in [0.3, 0.4) is 0 Å². The zero-order valence-corrected chi connectivity index (χ0v) is 6.92. The van der Waals surface area contributed by atoms with Crippen molar-refractivity contribution in [2.45, 2.75) is 26.8 Å². The number of ketones is 1. The SMILES string of the molecule is CC(=O)C(N)C(C)(C)C(=O)O. The second-order valence-electron chi connectivity index (χ2n) is 3.12. The highest BCUT2D eigenvalue weighted by Gasteiger charge is 2.36. The van der Waals surface area contributed by atoms with Gasteiger partial charge in [0.05, 0.1) is 11.5 Å². The molecule has 0 spiro atoms. The molecule has 0 aliphatic rings. The summed E-state index contributed by atoms with van der Waals surface area (Å²) in [5, 5.41) is 8.63. The Labute approximate surface area is 65.4 Å². The summed E-state index contributed by atoms with van der Waals surface area (Å²) in [7, 11) is 0. The molecule has 3 N–H and O–H groups in total. The summed E-state index contributed by atoms with van der Waals surface area (Å²) in [5.41, 5.74) is 4.19. The number of hydrogen-bond acceptors (Lipinski definition) is 3. The molecule has 4 nitrogen and oxygen atoms in total. The first-order valence-corrected chi connectivity index (χ1v) is 3.29. The first-order chi connectivity index (χ1) is 4.80. The average Bonchev–Trinajstić information content (AvgIpc) is 1.85. The van der Waals surface area contributed by atoms with Crippen LogP contribution in [0.2, 0.25) is 0 Å². The van der Waals surface area contributed by atoms with Gasteiger partial charge < -0.3 is 10.8 Å². The molecule has 0 fully saturated rings. The van der Waals surface area contributed by atoms with Gasteiger partial charge in [-0.15, -0.1) is 0 Å². The average molecular weight is 159 g/mol. The number of carboxylic acids is 1. The van der Waals surface area contributed by atoms with E-state index < -0.39 is 17.4 Å². The van der Waals surface area contributed by atoms with Crippen LogP contribution in [0.1, 0.15) is 20.8 Å². The predicted molar refractivity (Wildman–Crippen MR) is 40.1 cm³/mol. The molecule has 0 bridgehead atoms. The summed E-state index contributed by atoms with van der Waals surface area (Å²) in [6.45, 7) is 4.15. The quantitative estimate of drug-likeness (QED) is 0.608. The number of carbonyl (C=O) groups is 2. The van der Waals surface area contributed by atoms with Crippen LogP contribution in [0.4, 0.5) is 0 Å². The molecule has 4 heteroatoms. The van der Waals surface area contributed by atoms with Crippen LogP contribution in [0.5, 0.6) is 0 Å². The van der Waals surface area contributed by atoms with Crippen molar-refractivity contribution in [1.82, 2.24) is 0 Å². The first kappa shape index (κ1) is 10.1. The molecule has 0 aliphatic heterocycles. The van der Waals surface area contributed by atoms with Crippen molar-refractivity contribution in [3.63, 3.8) is 0 Å². The number of hydrogen-bond donors (Lipinski definition) is 2. The highest BCUT2D eigenvalue weighted by atomic mass is 16.4. The minimum atomic E-state index is -1.17. The van der Waals surface area contributed by atoms with Crippen molar-refractivity contribution in [3.05, 3.63) is 0 Å². The normalized spacial score (nSPS) is 14.2. The molecule has 0 radical (unpaired) electrons. The van der Waals surface area contributed by atoms with E-state index in [4.69, 9.17) is 10.8 Å². The Kier molecular flexibility index (Phi) is 2.76. The van der Waals surface area contributed by atoms with E-state index in [9.17, 15) is 9.59 Å². The van der Waals surface area contributed by atoms with Gasteiger partial charge in [-0.3, -0.25) is 9.59 Å². The topological polar surface area (TPSA) is 80.4 Å². The number of carboxylic acid groups (broad SMARTS) is 1. The van der Waals surface area contributed by atoms with Crippen molar-refractivity contribution >= 4 is 11.8 Å². The summed E-state index contributed by atoms with van der Waals surface area (Å²) >= 11 is 0. The highest BCUT2D eigenvalue weighted by Crippen LogP contribution is 2.19. The van der Waals surface area contributed by atoms with Gasteiger partial charge in [-0.25, -0.2) is 0 Å². The van der Waals surface area contributed by atoms with Crippen LogP contribution in [0, 0.1) is 5.41 Å². The van der Waals surface area contributed by atoms with E-state index >= 15 is 0 Å². The molecule has 11 heavy (non-hydrogen) atoms. The Morgan fingerprint density at radius 1 is 1.45 bits per heavy atom. The van der Waals surface area contributed by atoms with E-state index in [0.29, 0.717) is 0 Å². The molecule has 0 aromatic rings. The zero-order chi connectivity index (χ0) is 9.23. The lowest BCUT2D eigenvalue weighted by molar-refractivity contribution is -0.150. The molecule has 1 unspecified atom stereocenters. The Hall–Kier alpha value is -0.900. The molecule has 0 saturated heterocycles. The zero-order valence-electron chi connectivity index (χ0n) is 6.92. The van der Waals surface area contributed by atoms with Crippen molar-refractivity contribution in [3.8, 4) is 0 Å². The maximum Gasteiger partial charge on any atom is 0.311 e. The third-order valence-corrected chi connectivity index (χ3v) is 1.77. The van der Waals surface area contributed by atoms with E-state index in [1.54, 1.807) is 0 Å². The minimum Gasteiger partial charge on any atom is -0.481 e. The van der Waals surface area contributed by atoms with Crippen molar-refractivity contribution in [1.29, 1.82) is 0 Å². The summed E-state index contributed by atoms with van der Waals surface area (Å²) in [4.78, 5) is 21.2. The van der Waals surface area contributed by atoms with Crippen LogP contribution >= 0.6 is 0 Å². The Bertz CT molecular complexity index is 186. The lowest BCUT2D eigenvalue weighted by atomic mass is 9.83. The fourth-order valence-electron chi connectivity index (χ4n) is 0.641. The van der Waals surface area contributed by atoms with Gasteiger partial charge in [-0.2, -0.15) is 0 Å². The number of Topliss-reactive ketones (excluding diaryl/α,β-unsaturated/α-hetero) is 1. The van der Waals surface area contributed by atoms with Gasteiger partial charge in [0.25, 0.3) is 0 Å². The van der Waals surface area contributed by atoms with Crippen molar-refractivity contribution in [2.75, 3.05) is 0 Å². The highest BCUT2D eigenvalue weighted by molar-refractivity contribution is 5.89. The van der Waals surface area contributed by atoms with E-state index in [2.05, 4.69) is 0 Å².